The van der Waals surface area contributed by atoms with Crippen molar-refractivity contribution in [1.82, 2.24) is 15.2 Å². The molecule has 2 N–H and O–H groups in total. The molecule has 5 nitrogen and oxygen atoms in total. The van der Waals surface area contributed by atoms with Crippen molar-refractivity contribution in [3.63, 3.8) is 0 Å². The Balaban J connectivity index is 1.76. The molecule has 0 fully saturated rings. The van der Waals surface area contributed by atoms with Crippen LogP contribution in [0.4, 0.5) is 17.5 Å². The van der Waals surface area contributed by atoms with Crippen molar-refractivity contribution >= 4 is 29.1 Å². The van der Waals surface area contributed by atoms with E-state index in [-0.39, 0.29) is 6.04 Å². The lowest BCUT2D eigenvalue weighted by Crippen LogP contribution is -2.10. The number of nitrogens with zero attached hydrogens (tertiary/aromatic N) is 3. The number of rotatable bonds is 5. The topological polar surface area (TPSA) is 62.7 Å². The number of halogens is 1. The number of benzene rings is 2. The Bertz CT molecular complexity index is 823. The molecule has 6 heteroatoms. The highest BCUT2D eigenvalue weighted by atomic mass is 35.5. The number of hydrogen-bond donors (Lipinski definition) is 2. The van der Waals surface area contributed by atoms with Crippen LogP contribution in [0.5, 0.6) is 0 Å². The highest BCUT2D eigenvalue weighted by molar-refractivity contribution is 6.31. The molecule has 2 aromatic carbocycles. The van der Waals surface area contributed by atoms with Gasteiger partial charge in [0.2, 0.25) is 5.95 Å². The second-order valence-electron chi connectivity index (χ2n) is 5.48. The van der Waals surface area contributed by atoms with Gasteiger partial charge in [0.05, 0.1) is 6.20 Å². The van der Waals surface area contributed by atoms with Gasteiger partial charge in [0.15, 0.2) is 5.82 Å². The average molecular weight is 340 g/mol. The standard InChI is InChI=1S/C18H18ClN5/c1-12-15(19)9-6-10-16(12)22-18-23-17(11-20-24-18)21-13(2)14-7-4-3-5-8-14/h3-11,13H,1-2H3,(H2,21,22,23,24). The Morgan fingerprint density at radius 3 is 2.62 bits per heavy atom. The van der Waals surface area contributed by atoms with Crippen molar-refractivity contribution in [2.75, 3.05) is 10.6 Å². The molecule has 0 amide bonds. The first-order valence-electron chi connectivity index (χ1n) is 7.67. The van der Waals surface area contributed by atoms with E-state index in [2.05, 4.69) is 44.9 Å². The minimum absolute atomic E-state index is 0.114. The number of nitrogens with one attached hydrogen (secondary N) is 2. The zero-order valence-electron chi connectivity index (χ0n) is 13.5. The third-order valence-corrected chi connectivity index (χ3v) is 4.15. The van der Waals surface area contributed by atoms with Crippen LogP contribution in [0.2, 0.25) is 5.02 Å². The van der Waals surface area contributed by atoms with Gasteiger partial charge in [-0.1, -0.05) is 48.0 Å². The van der Waals surface area contributed by atoms with E-state index < -0.39 is 0 Å². The fourth-order valence-electron chi connectivity index (χ4n) is 2.34. The molecule has 0 bridgehead atoms. The molecule has 0 spiro atoms. The molecule has 0 aliphatic rings. The lowest BCUT2D eigenvalue weighted by atomic mass is 10.1. The molecule has 0 aliphatic heterocycles. The summed E-state index contributed by atoms with van der Waals surface area (Å²) >= 11 is 6.14. The molecule has 1 atom stereocenters. The molecule has 0 radical (unpaired) electrons. The molecule has 122 valence electrons. The van der Waals surface area contributed by atoms with Crippen LogP contribution in [-0.4, -0.2) is 15.2 Å². The fourth-order valence-corrected chi connectivity index (χ4v) is 2.51. The maximum absolute atomic E-state index is 6.14. The van der Waals surface area contributed by atoms with Crippen LogP contribution in [-0.2, 0) is 0 Å². The van der Waals surface area contributed by atoms with Crippen molar-refractivity contribution in [1.29, 1.82) is 0 Å². The molecule has 3 aromatic rings. The van der Waals surface area contributed by atoms with Gasteiger partial charge in [0, 0.05) is 16.8 Å². The highest BCUT2D eigenvalue weighted by Gasteiger charge is 2.08. The van der Waals surface area contributed by atoms with Gasteiger partial charge in [0.25, 0.3) is 0 Å². The second-order valence-corrected chi connectivity index (χ2v) is 5.89. The van der Waals surface area contributed by atoms with Gasteiger partial charge in [-0.15, -0.1) is 5.10 Å². The monoisotopic (exact) mass is 339 g/mol. The SMILES string of the molecule is Cc1c(Cl)cccc1Nc1nncc(NC(C)c2ccccc2)n1. The summed E-state index contributed by atoms with van der Waals surface area (Å²) in [6, 6.07) is 15.9. The first-order valence-corrected chi connectivity index (χ1v) is 8.04. The Labute approximate surface area is 146 Å². The molecule has 24 heavy (non-hydrogen) atoms. The summed E-state index contributed by atoms with van der Waals surface area (Å²) in [6.07, 6.45) is 1.61. The second kappa shape index (κ2) is 7.27. The lowest BCUT2D eigenvalue weighted by Gasteiger charge is -2.15. The van der Waals surface area contributed by atoms with Crippen LogP contribution in [0.15, 0.2) is 54.7 Å². The summed E-state index contributed by atoms with van der Waals surface area (Å²) in [5.41, 5.74) is 2.98. The zero-order valence-corrected chi connectivity index (χ0v) is 14.2. The minimum atomic E-state index is 0.114. The molecule has 0 saturated carbocycles. The molecule has 0 saturated heterocycles. The molecule has 1 heterocycles. The van der Waals surface area contributed by atoms with Gasteiger partial charge < -0.3 is 10.6 Å². The normalized spacial score (nSPS) is 11.8. The van der Waals surface area contributed by atoms with Gasteiger partial charge in [-0.3, -0.25) is 0 Å². The number of hydrogen-bond acceptors (Lipinski definition) is 5. The summed E-state index contributed by atoms with van der Waals surface area (Å²) in [6.45, 7) is 4.02. The Kier molecular flexibility index (Phi) is 4.91. The molecule has 1 aromatic heterocycles. The first-order chi connectivity index (χ1) is 11.6. The van der Waals surface area contributed by atoms with E-state index >= 15 is 0 Å². The third kappa shape index (κ3) is 3.81. The van der Waals surface area contributed by atoms with E-state index in [9.17, 15) is 0 Å². The summed E-state index contributed by atoms with van der Waals surface area (Å²) in [7, 11) is 0. The van der Waals surface area contributed by atoms with Crippen molar-refractivity contribution in [3.05, 3.63) is 70.9 Å². The maximum Gasteiger partial charge on any atom is 0.249 e. The van der Waals surface area contributed by atoms with Crippen LogP contribution in [0.3, 0.4) is 0 Å². The summed E-state index contributed by atoms with van der Waals surface area (Å²) < 4.78 is 0. The fraction of sp³-hybridized carbons (Fsp3) is 0.167. The van der Waals surface area contributed by atoms with E-state index in [4.69, 9.17) is 11.6 Å². The Hall–Kier alpha value is -2.66. The molecular formula is C18H18ClN5. The van der Waals surface area contributed by atoms with Crippen molar-refractivity contribution in [2.24, 2.45) is 0 Å². The highest BCUT2D eigenvalue weighted by Crippen LogP contribution is 2.25. The Morgan fingerprint density at radius 1 is 1.04 bits per heavy atom. The average Bonchev–Trinajstić information content (AvgIpc) is 2.60. The zero-order chi connectivity index (χ0) is 16.9. The lowest BCUT2D eigenvalue weighted by molar-refractivity contribution is 0.861. The van der Waals surface area contributed by atoms with Gasteiger partial charge in [-0.2, -0.15) is 10.1 Å². The number of aromatic nitrogens is 3. The van der Waals surface area contributed by atoms with Crippen LogP contribution < -0.4 is 10.6 Å². The van der Waals surface area contributed by atoms with Crippen molar-refractivity contribution in [3.8, 4) is 0 Å². The molecule has 0 aliphatic carbocycles. The van der Waals surface area contributed by atoms with Gasteiger partial charge in [-0.05, 0) is 37.1 Å². The van der Waals surface area contributed by atoms with Crippen LogP contribution in [0.25, 0.3) is 0 Å². The summed E-state index contributed by atoms with van der Waals surface area (Å²) in [4.78, 5) is 4.47. The van der Waals surface area contributed by atoms with E-state index in [1.807, 2.05) is 43.3 Å². The van der Waals surface area contributed by atoms with E-state index in [0.717, 1.165) is 11.3 Å². The van der Waals surface area contributed by atoms with E-state index in [1.54, 1.807) is 6.20 Å². The van der Waals surface area contributed by atoms with E-state index in [0.29, 0.717) is 16.8 Å². The third-order valence-electron chi connectivity index (χ3n) is 3.74. The predicted molar refractivity (Wildman–Crippen MR) is 97.8 cm³/mol. The first kappa shape index (κ1) is 16.2. The van der Waals surface area contributed by atoms with E-state index in [1.165, 1.54) is 5.56 Å². The van der Waals surface area contributed by atoms with Crippen LogP contribution in [0.1, 0.15) is 24.1 Å². The quantitative estimate of drug-likeness (QED) is 0.702. The molecule has 1 unspecified atom stereocenters. The maximum atomic E-state index is 6.14. The van der Waals surface area contributed by atoms with Crippen molar-refractivity contribution in [2.45, 2.75) is 19.9 Å². The molecular weight excluding hydrogens is 322 g/mol. The van der Waals surface area contributed by atoms with Crippen LogP contribution >= 0.6 is 11.6 Å². The largest absolute Gasteiger partial charge is 0.362 e. The van der Waals surface area contributed by atoms with Crippen molar-refractivity contribution < 1.29 is 0 Å². The van der Waals surface area contributed by atoms with Gasteiger partial charge in [-0.25, -0.2) is 0 Å². The number of anilines is 3. The Morgan fingerprint density at radius 2 is 1.83 bits per heavy atom. The predicted octanol–water partition coefficient (Wildman–Crippen LogP) is 4.75. The molecule has 3 rings (SSSR count). The summed E-state index contributed by atoms with van der Waals surface area (Å²) in [5, 5.41) is 15.2. The summed E-state index contributed by atoms with van der Waals surface area (Å²) in [5.74, 6) is 1.08. The van der Waals surface area contributed by atoms with Gasteiger partial charge >= 0.3 is 0 Å². The van der Waals surface area contributed by atoms with Crippen LogP contribution in [0, 0.1) is 6.92 Å². The smallest absolute Gasteiger partial charge is 0.249 e. The minimum Gasteiger partial charge on any atom is -0.362 e. The van der Waals surface area contributed by atoms with Gasteiger partial charge in [0.1, 0.15) is 0 Å².